The van der Waals surface area contributed by atoms with Crippen molar-refractivity contribution in [2.24, 2.45) is 5.92 Å². The maximum atomic E-state index is 11.7. The van der Waals surface area contributed by atoms with Gasteiger partial charge in [-0.2, -0.15) is 0 Å². The van der Waals surface area contributed by atoms with Crippen molar-refractivity contribution in [1.82, 2.24) is 5.32 Å². The van der Waals surface area contributed by atoms with Gasteiger partial charge in [0, 0.05) is 13.0 Å². The molecule has 1 aromatic rings. The van der Waals surface area contributed by atoms with Crippen LogP contribution in [0.5, 0.6) is 5.75 Å². The topological polar surface area (TPSA) is 58.6 Å². The monoisotopic (exact) mass is 279 g/mol. The van der Waals surface area contributed by atoms with Crippen molar-refractivity contribution >= 4 is 5.91 Å². The van der Waals surface area contributed by atoms with Gasteiger partial charge in [-0.1, -0.05) is 32.0 Å². The number of hydrogen-bond acceptors (Lipinski definition) is 3. The van der Waals surface area contributed by atoms with Crippen molar-refractivity contribution in [3.05, 3.63) is 29.8 Å². The van der Waals surface area contributed by atoms with E-state index in [0.29, 0.717) is 26.0 Å². The lowest BCUT2D eigenvalue weighted by Gasteiger charge is -2.15. The molecule has 0 aliphatic carbocycles. The molecule has 0 aliphatic rings. The van der Waals surface area contributed by atoms with Crippen LogP contribution in [0.1, 0.15) is 32.8 Å². The van der Waals surface area contributed by atoms with Gasteiger partial charge in [0.05, 0.1) is 12.7 Å². The zero-order valence-corrected chi connectivity index (χ0v) is 12.6. The molecule has 0 heterocycles. The van der Waals surface area contributed by atoms with Gasteiger partial charge in [-0.25, -0.2) is 0 Å². The molecule has 1 unspecified atom stereocenters. The molecule has 0 aliphatic heterocycles. The van der Waals surface area contributed by atoms with E-state index in [0.717, 1.165) is 11.3 Å². The normalized spacial score (nSPS) is 12.2. The van der Waals surface area contributed by atoms with Crippen molar-refractivity contribution in [2.45, 2.75) is 39.7 Å². The minimum absolute atomic E-state index is 0.0454. The molecule has 0 saturated heterocycles. The summed E-state index contributed by atoms with van der Waals surface area (Å²) in [6.07, 6.45) is 0.545. The van der Waals surface area contributed by atoms with Crippen molar-refractivity contribution in [1.29, 1.82) is 0 Å². The maximum Gasteiger partial charge on any atom is 0.220 e. The lowest BCUT2D eigenvalue weighted by atomic mass is 10.1. The number of hydrogen-bond donors (Lipinski definition) is 2. The Morgan fingerprint density at radius 2 is 2.05 bits per heavy atom. The molecule has 0 spiro atoms. The summed E-state index contributed by atoms with van der Waals surface area (Å²) in [5.41, 5.74) is 1.04. The van der Waals surface area contributed by atoms with Crippen molar-refractivity contribution in [3.8, 4) is 5.75 Å². The second kappa shape index (κ2) is 8.59. The van der Waals surface area contributed by atoms with Gasteiger partial charge in [0.1, 0.15) is 5.75 Å². The van der Waals surface area contributed by atoms with E-state index < -0.39 is 6.10 Å². The molecule has 4 heteroatoms. The molecule has 2 N–H and O–H groups in total. The zero-order chi connectivity index (χ0) is 15.0. The molecule has 1 aromatic carbocycles. The third-order valence-electron chi connectivity index (χ3n) is 3.17. The van der Waals surface area contributed by atoms with Gasteiger partial charge < -0.3 is 15.2 Å². The van der Waals surface area contributed by atoms with E-state index in [4.69, 9.17) is 4.74 Å². The highest BCUT2D eigenvalue weighted by Gasteiger charge is 2.11. The summed E-state index contributed by atoms with van der Waals surface area (Å²) in [5.74, 6) is 0.940. The highest BCUT2D eigenvalue weighted by molar-refractivity contribution is 5.76. The van der Waals surface area contributed by atoms with Crippen molar-refractivity contribution < 1.29 is 14.6 Å². The maximum absolute atomic E-state index is 11.7. The average molecular weight is 279 g/mol. The highest BCUT2D eigenvalue weighted by Crippen LogP contribution is 2.19. The molecule has 1 atom stereocenters. The highest BCUT2D eigenvalue weighted by atomic mass is 16.5. The molecule has 0 aromatic heterocycles. The largest absolute Gasteiger partial charge is 0.494 e. The molecule has 1 rings (SSSR count). The number of nitrogens with one attached hydrogen (secondary N) is 1. The van der Waals surface area contributed by atoms with E-state index in [1.165, 1.54) is 0 Å². The van der Waals surface area contributed by atoms with Crippen molar-refractivity contribution in [3.63, 3.8) is 0 Å². The molecule has 1 amide bonds. The Morgan fingerprint density at radius 3 is 2.70 bits per heavy atom. The summed E-state index contributed by atoms with van der Waals surface area (Å²) in [7, 11) is 0. The van der Waals surface area contributed by atoms with E-state index in [2.05, 4.69) is 5.32 Å². The van der Waals surface area contributed by atoms with Crippen LogP contribution in [0, 0.1) is 5.92 Å². The van der Waals surface area contributed by atoms with E-state index in [-0.39, 0.29) is 11.8 Å². The van der Waals surface area contributed by atoms with Gasteiger partial charge in [0.25, 0.3) is 0 Å². The van der Waals surface area contributed by atoms with Gasteiger partial charge in [-0.05, 0) is 30.9 Å². The predicted molar refractivity (Wildman–Crippen MR) is 79.8 cm³/mol. The number of aliphatic hydroxyl groups excluding tert-OH is 1. The van der Waals surface area contributed by atoms with Crippen LogP contribution in [0.3, 0.4) is 0 Å². The Balaban J connectivity index is 2.41. The van der Waals surface area contributed by atoms with Crippen molar-refractivity contribution in [2.75, 3.05) is 13.2 Å². The zero-order valence-electron chi connectivity index (χ0n) is 12.6. The van der Waals surface area contributed by atoms with Gasteiger partial charge in [-0.3, -0.25) is 4.79 Å². The first-order valence-electron chi connectivity index (χ1n) is 7.20. The first-order chi connectivity index (χ1) is 9.54. The lowest BCUT2D eigenvalue weighted by Crippen LogP contribution is -2.34. The van der Waals surface area contributed by atoms with Gasteiger partial charge in [-0.15, -0.1) is 0 Å². The van der Waals surface area contributed by atoms with Crippen LogP contribution in [0.15, 0.2) is 24.3 Å². The SMILES string of the molecule is CCOc1ccccc1CCC(=O)NCC(O)C(C)C. The summed E-state index contributed by atoms with van der Waals surface area (Å²) in [6, 6.07) is 7.76. The Hall–Kier alpha value is -1.55. The molecule has 20 heavy (non-hydrogen) atoms. The number of carbonyl (C=O) groups excluding carboxylic acids is 1. The van der Waals surface area contributed by atoms with E-state index in [1.54, 1.807) is 0 Å². The smallest absolute Gasteiger partial charge is 0.220 e. The Morgan fingerprint density at radius 1 is 1.35 bits per heavy atom. The average Bonchev–Trinajstić information content (AvgIpc) is 2.44. The second-order valence-electron chi connectivity index (χ2n) is 5.16. The van der Waals surface area contributed by atoms with Crippen LogP contribution < -0.4 is 10.1 Å². The molecular formula is C16H25NO3. The number of carbonyl (C=O) groups is 1. The number of aryl methyl sites for hydroxylation is 1. The Bertz CT molecular complexity index is 418. The molecule has 0 saturated carbocycles. The van der Waals surface area contributed by atoms with Crippen LogP contribution in [0.4, 0.5) is 0 Å². The Labute approximate surface area is 121 Å². The van der Waals surface area contributed by atoms with Crippen LogP contribution in [0.2, 0.25) is 0 Å². The number of aliphatic hydroxyl groups is 1. The number of ether oxygens (including phenoxy) is 1. The molecule has 112 valence electrons. The Kier molecular flexibility index (Phi) is 7.09. The fraction of sp³-hybridized carbons (Fsp3) is 0.562. The number of benzene rings is 1. The predicted octanol–water partition coefficient (Wildman–Crippen LogP) is 2.15. The molecule has 4 nitrogen and oxygen atoms in total. The van der Waals surface area contributed by atoms with Crippen LogP contribution >= 0.6 is 0 Å². The van der Waals surface area contributed by atoms with Gasteiger partial charge in [0.2, 0.25) is 5.91 Å². The van der Waals surface area contributed by atoms with E-state index >= 15 is 0 Å². The quantitative estimate of drug-likeness (QED) is 0.766. The number of rotatable bonds is 8. The van der Waals surface area contributed by atoms with Crippen LogP contribution in [-0.2, 0) is 11.2 Å². The van der Waals surface area contributed by atoms with Gasteiger partial charge in [0.15, 0.2) is 0 Å². The van der Waals surface area contributed by atoms with Gasteiger partial charge >= 0.3 is 0 Å². The van der Waals surface area contributed by atoms with E-state index in [9.17, 15) is 9.90 Å². The summed E-state index contributed by atoms with van der Waals surface area (Å²) >= 11 is 0. The first-order valence-corrected chi connectivity index (χ1v) is 7.20. The summed E-state index contributed by atoms with van der Waals surface area (Å²) in [4.78, 5) is 11.7. The standard InChI is InChI=1S/C16H25NO3/c1-4-20-15-8-6-5-7-13(15)9-10-16(19)17-11-14(18)12(2)3/h5-8,12,14,18H,4,9-11H2,1-3H3,(H,17,19). The summed E-state index contributed by atoms with van der Waals surface area (Å²) in [5, 5.41) is 12.4. The van der Waals surface area contributed by atoms with Crippen LogP contribution in [-0.4, -0.2) is 30.3 Å². The minimum atomic E-state index is -0.491. The third-order valence-corrected chi connectivity index (χ3v) is 3.17. The minimum Gasteiger partial charge on any atom is -0.494 e. The summed E-state index contributed by atoms with van der Waals surface area (Å²) in [6.45, 7) is 6.72. The fourth-order valence-corrected chi connectivity index (χ4v) is 1.80. The van der Waals surface area contributed by atoms with Crippen LogP contribution in [0.25, 0.3) is 0 Å². The number of amides is 1. The molecular weight excluding hydrogens is 254 g/mol. The molecule has 0 fully saturated rings. The first kappa shape index (κ1) is 16.5. The van der Waals surface area contributed by atoms with E-state index in [1.807, 2.05) is 45.0 Å². The number of para-hydroxylation sites is 1. The lowest BCUT2D eigenvalue weighted by molar-refractivity contribution is -0.121. The third kappa shape index (κ3) is 5.61. The fourth-order valence-electron chi connectivity index (χ4n) is 1.80. The second-order valence-corrected chi connectivity index (χ2v) is 5.16. The summed E-state index contributed by atoms with van der Waals surface area (Å²) < 4.78 is 5.53. The molecule has 0 bridgehead atoms. The molecule has 0 radical (unpaired) electrons.